The third-order valence-electron chi connectivity index (χ3n) is 3.99. The summed E-state index contributed by atoms with van der Waals surface area (Å²) in [5.41, 5.74) is 9.63. The van der Waals surface area contributed by atoms with E-state index >= 15 is 0 Å². The largest absolute Gasteiger partial charge is 0.466 e. The molecule has 20 heavy (non-hydrogen) atoms. The van der Waals surface area contributed by atoms with Crippen LogP contribution in [0.2, 0.25) is 0 Å². The van der Waals surface area contributed by atoms with Crippen molar-refractivity contribution in [3.8, 4) is 0 Å². The minimum Gasteiger partial charge on any atom is -0.466 e. The van der Waals surface area contributed by atoms with Gasteiger partial charge in [0.1, 0.15) is 0 Å². The molecule has 0 saturated heterocycles. The van der Waals surface area contributed by atoms with Crippen LogP contribution < -0.4 is 5.73 Å². The molecule has 0 unspecified atom stereocenters. The van der Waals surface area contributed by atoms with Crippen molar-refractivity contribution in [2.45, 2.75) is 38.8 Å². The standard InChI is InChI=1S/C16H20N2O2/c1-2-20-16(19)9-13-12-5-3-4-6-14(12)18-10-11(17)7-8-15(13)18/h3-6,11H,2,7-10,17H2,1H3/t11-/m1/s1. The Kier molecular flexibility index (Phi) is 3.49. The first-order valence-corrected chi connectivity index (χ1v) is 7.21. The molecular formula is C16H20N2O2. The van der Waals surface area contributed by atoms with Crippen molar-refractivity contribution in [3.05, 3.63) is 35.5 Å². The molecule has 1 atom stereocenters. The fraction of sp³-hybridized carbons (Fsp3) is 0.438. The molecule has 0 aliphatic carbocycles. The van der Waals surface area contributed by atoms with E-state index < -0.39 is 0 Å². The highest BCUT2D eigenvalue weighted by molar-refractivity contribution is 5.89. The van der Waals surface area contributed by atoms with Crippen molar-refractivity contribution in [1.29, 1.82) is 0 Å². The third-order valence-corrected chi connectivity index (χ3v) is 3.99. The number of carbonyl (C=O) groups is 1. The van der Waals surface area contributed by atoms with Gasteiger partial charge in [-0.25, -0.2) is 0 Å². The van der Waals surface area contributed by atoms with Crippen LogP contribution in [0.4, 0.5) is 0 Å². The summed E-state index contributed by atoms with van der Waals surface area (Å²) in [4.78, 5) is 11.8. The summed E-state index contributed by atoms with van der Waals surface area (Å²) in [5, 5.41) is 1.16. The van der Waals surface area contributed by atoms with Crippen molar-refractivity contribution in [2.75, 3.05) is 6.61 Å². The molecule has 4 nitrogen and oxygen atoms in total. The lowest BCUT2D eigenvalue weighted by Gasteiger charge is -2.23. The van der Waals surface area contributed by atoms with Crippen molar-refractivity contribution in [3.63, 3.8) is 0 Å². The maximum atomic E-state index is 11.8. The van der Waals surface area contributed by atoms with E-state index in [0.29, 0.717) is 13.0 Å². The van der Waals surface area contributed by atoms with Crippen molar-refractivity contribution in [2.24, 2.45) is 5.73 Å². The van der Waals surface area contributed by atoms with Crippen molar-refractivity contribution in [1.82, 2.24) is 4.57 Å². The van der Waals surface area contributed by atoms with Gasteiger partial charge in [0.2, 0.25) is 0 Å². The number of aromatic nitrogens is 1. The molecule has 2 heterocycles. The Bertz CT molecular complexity index is 645. The van der Waals surface area contributed by atoms with E-state index in [4.69, 9.17) is 10.5 Å². The molecule has 0 fully saturated rings. The second-order valence-electron chi connectivity index (χ2n) is 5.33. The lowest BCUT2D eigenvalue weighted by molar-refractivity contribution is -0.142. The van der Waals surface area contributed by atoms with E-state index in [-0.39, 0.29) is 12.0 Å². The van der Waals surface area contributed by atoms with Crippen LogP contribution in [-0.4, -0.2) is 23.2 Å². The zero-order valence-corrected chi connectivity index (χ0v) is 11.8. The number of rotatable bonds is 3. The number of benzene rings is 1. The zero-order chi connectivity index (χ0) is 14.1. The van der Waals surface area contributed by atoms with Gasteiger partial charge >= 0.3 is 5.97 Å². The lowest BCUT2D eigenvalue weighted by Crippen LogP contribution is -2.32. The second-order valence-corrected chi connectivity index (χ2v) is 5.33. The topological polar surface area (TPSA) is 57.2 Å². The van der Waals surface area contributed by atoms with Crippen molar-refractivity contribution >= 4 is 16.9 Å². The van der Waals surface area contributed by atoms with Gasteiger partial charge < -0.3 is 15.0 Å². The molecule has 1 aromatic heterocycles. The van der Waals surface area contributed by atoms with E-state index in [1.54, 1.807) is 0 Å². The van der Waals surface area contributed by atoms with Crippen LogP contribution in [0.15, 0.2) is 24.3 Å². The minimum absolute atomic E-state index is 0.151. The van der Waals surface area contributed by atoms with Crippen LogP contribution in [0.25, 0.3) is 10.9 Å². The fourth-order valence-corrected chi connectivity index (χ4v) is 3.12. The summed E-state index contributed by atoms with van der Waals surface area (Å²) < 4.78 is 7.38. The number of carbonyl (C=O) groups excluding carboxylic acids is 1. The van der Waals surface area contributed by atoms with Crippen LogP contribution >= 0.6 is 0 Å². The van der Waals surface area contributed by atoms with Gasteiger partial charge in [0.25, 0.3) is 0 Å². The quantitative estimate of drug-likeness (QED) is 0.870. The summed E-state index contributed by atoms with van der Waals surface area (Å²) >= 11 is 0. The molecule has 2 N–H and O–H groups in total. The Hall–Kier alpha value is -1.81. The van der Waals surface area contributed by atoms with E-state index in [2.05, 4.69) is 16.7 Å². The molecule has 3 rings (SSSR count). The smallest absolute Gasteiger partial charge is 0.310 e. The van der Waals surface area contributed by atoms with Crippen LogP contribution in [-0.2, 0) is 28.9 Å². The number of nitrogens with zero attached hydrogens (tertiary/aromatic N) is 1. The van der Waals surface area contributed by atoms with Crippen LogP contribution in [0, 0.1) is 0 Å². The monoisotopic (exact) mass is 272 g/mol. The summed E-state index contributed by atoms with van der Waals surface area (Å²) in [6.07, 6.45) is 2.27. The number of nitrogens with two attached hydrogens (primary N) is 1. The van der Waals surface area contributed by atoms with E-state index in [1.165, 1.54) is 11.2 Å². The maximum Gasteiger partial charge on any atom is 0.310 e. The summed E-state index contributed by atoms with van der Waals surface area (Å²) in [6, 6.07) is 8.44. The lowest BCUT2D eigenvalue weighted by atomic mass is 10.0. The molecular weight excluding hydrogens is 252 g/mol. The number of hydrogen-bond acceptors (Lipinski definition) is 3. The molecule has 2 aromatic rings. The van der Waals surface area contributed by atoms with Gasteiger partial charge in [0.15, 0.2) is 0 Å². The maximum absolute atomic E-state index is 11.8. The number of para-hydroxylation sites is 1. The molecule has 0 bridgehead atoms. The molecule has 1 aliphatic rings. The zero-order valence-electron chi connectivity index (χ0n) is 11.8. The molecule has 1 aliphatic heterocycles. The molecule has 0 amide bonds. The van der Waals surface area contributed by atoms with Gasteiger partial charge in [-0.15, -0.1) is 0 Å². The number of fused-ring (bicyclic) bond motifs is 3. The van der Waals surface area contributed by atoms with Gasteiger partial charge in [0, 0.05) is 29.2 Å². The predicted molar refractivity (Wildman–Crippen MR) is 78.6 cm³/mol. The summed E-state index contributed by atoms with van der Waals surface area (Å²) in [6.45, 7) is 3.10. The second kappa shape index (κ2) is 5.29. The highest BCUT2D eigenvalue weighted by Gasteiger charge is 2.24. The predicted octanol–water partition coefficient (Wildman–Crippen LogP) is 2.02. The van der Waals surface area contributed by atoms with E-state index in [0.717, 1.165) is 30.3 Å². The average molecular weight is 272 g/mol. The van der Waals surface area contributed by atoms with Crippen LogP contribution in [0.5, 0.6) is 0 Å². The Morgan fingerprint density at radius 1 is 1.45 bits per heavy atom. The first kappa shape index (κ1) is 13.2. The van der Waals surface area contributed by atoms with Crippen LogP contribution in [0.1, 0.15) is 24.6 Å². The number of esters is 1. The molecule has 4 heteroatoms. The van der Waals surface area contributed by atoms with Gasteiger partial charge in [-0.3, -0.25) is 4.79 Å². The highest BCUT2D eigenvalue weighted by Crippen LogP contribution is 2.31. The van der Waals surface area contributed by atoms with Gasteiger partial charge in [-0.2, -0.15) is 0 Å². The molecule has 0 saturated carbocycles. The minimum atomic E-state index is -0.151. The average Bonchev–Trinajstić information content (AvgIpc) is 2.74. The Labute approximate surface area is 118 Å². The first-order chi connectivity index (χ1) is 9.70. The van der Waals surface area contributed by atoms with Gasteiger partial charge in [-0.1, -0.05) is 18.2 Å². The Balaban J connectivity index is 2.09. The summed E-state index contributed by atoms with van der Waals surface area (Å²) in [7, 11) is 0. The van der Waals surface area contributed by atoms with Gasteiger partial charge in [0.05, 0.1) is 13.0 Å². The van der Waals surface area contributed by atoms with E-state index in [9.17, 15) is 4.79 Å². The van der Waals surface area contributed by atoms with Gasteiger partial charge in [-0.05, 0) is 31.4 Å². The summed E-state index contributed by atoms with van der Waals surface area (Å²) in [5.74, 6) is -0.151. The Morgan fingerprint density at radius 2 is 2.25 bits per heavy atom. The molecule has 0 radical (unpaired) electrons. The SMILES string of the molecule is CCOC(=O)Cc1c2n(c3ccccc13)C[C@H](N)CC2. The van der Waals surface area contributed by atoms with Crippen molar-refractivity contribution < 1.29 is 9.53 Å². The number of ether oxygens (including phenoxy) is 1. The van der Waals surface area contributed by atoms with E-state index in [1.807, 2.05) is 19.1 Å². The first-order valence-electron chi connectivity index (χ1n) is 7.21. The molecule has 0 spiro atoms. The fourth-order valence-electron chi connectivity index (χ4n) is 3.12. The third kappa shape index (κ3) is 2.20. The Morgan fingerprint density at radius 3 is 3.05 bits per heavy atom. The van der Waals surface area contributed by atoms with Crippen LogP contribution in [0.3, 0.4) is 0 Å². The molecule has 106 valence electrons. The normalized spacial score (nSPS) is 18.0. The molecule has 1 aromatic carbocycles. The highest BCUT2D eigenvalue weighted by atomic mass is 16.5. The number of hydrogen-bond donors (Lipinski definition) is 1.